The number of hydrogen-bond donors (Lipinski definition) is 1. The summed E-state index contributed by atoms with van der Waals surface area (Å²) in [5.74, 6) is -0.361. The largest absolute Gasteiger partial charge is 0.493 e. The van der Waals surface area contributed by atoms with Gasteiger partial charge in [-0.05, 0) is 54.8 Å². The van der Waals surface area contributed by atoms with E-state index in [1.165, 1.54) is 55.7 Å². The molecule has 1 heterocycles. The van der Waals surface area contributed by atoms with Crippen molar-refractivity contribution < 1.29 is 27.9 Å². The topological polar surface area (TPSA) is 81.0 Å². The molecule has 0 spiro atoms. The lowest BCUT2D eigenvalue weighted by Crippen LogP contribution is -2.47. The van der Waals surface area contributed by atoms with Crippen LogP contribution in [-0.2, 0) is 4.79 Å². The van der Waals surface area contributed by atoms with E-state index in [0.29, 0.717) is 22.7 Å². The summed E-state index contributed by atoms with van der Waals surface area (Å²) in [5.41, 5.74) is 0.867. The third kappa shape index (κ3) is 5.48. The Morgan fingerprint density at radius 2 is 1.71 bits per heavy atom. The number of benzene rings is 2. The second-order valence-electron chi connectivity index (χ2n) is 8.49. The number of methoxy groups -OCH3 is 2. The van der Waals surface area contributed by atoms with Gasteiger partial charge in [0.15, 0.2) is 17.3 Å². The molecule has 1 saturated carbocycles. The Kier molecular flexibility index (Phi) is 7.70. The van der Waals surface area contributed by atoms with E-state index in [1.807, 2.05) is 0 Å². The highest BCUT2D eigenvalue weighted by Crippen LogP contribution is 2.36. The lowest BCUT2D eigenvalue weighted by molar-refractivity contribution is -0.123. The van der Waals surface area contributed by atoms with Gasteiger partial charge in [-0.3, -0.25) is 14.5 Å². The van der Waals surface area contributed by atoms with Gasteiger partial charge in [-0.25, -0.2) is 4.39 Å². The van der Waals surface area contributed by atoms with Gasteiger partial charge in [-0.1, -0.05) is 31.4 Å². The fourth-order valence-electron chi connectivity index (χ4n) is 4.47. The number of nitrogens with one attached hydrogen (secondary N) is 1. The van der Waals surface area contributed by atoms with Crippen molar-refractivity contribution in [3.63, 3.8) is 0 Å². The van der Waals surface area contributed by atoms with Gasteiger partial charge >= 0.3 is 0 Å². The summed E-state index contributed by atoms with van der Waals surface area (Å²) in [5, 5.41) is 3.12. The molecule has 1 aliphatic carbocycles. The van der Waals surface area contributed by atoms with Crippen molar-refractivity contribution in [2.45, 2.75) is 44.2 Å². The number of furan rings is 1. The Morgan fingerprint density at radius 1 is 1.00 bits per heavy atom. The highest BCUT2D eigenvalue weighted by atomic mass is 19.1. The lowest BCUT2D eigenvalue weighted by Gasteiger charge is -2.33. The van der Waals surface area contributed by atoms with Gasteiger partial charge in [0, 0.05) is 17.8 Å². The van der Waals surface area contributed by atoms with E-state index in [2.05, 4.69) is 5.32 Å². The second kappa shape index (κ2) is 11.1. The van der Waals surface area contributed by atoms with Crippen LogP contribution in [0.15, 0.2) is 65.3 Å². The highest BCUT2D eigenvalue weighted by molar-refractivity contribution is 6.08. The molecule has 7 nitrogen and oxygen atoms in total. The van der Waals surface area contributed by atoms with Crippen LogP contribution in [0.25, 0.3) is 0 Å². The standard InChI is InChI=1S/C27H29FN2O5/c1-33-22-15-14-21(17-24(22)34-2)30(27(32)23-9-6-16-35-23)25(18-10-12-19(28)13-11-18)26(31)29-20-7-4-3-5-8-20/h6,9-17,20,25H,3-5,7-8H2,1-2H3,(H,29,31)/t25-/m0/s1. The van der Waals surface area contributed by atoms with E-state index in [0.717, 1.165) is 32.1 Å². The van der Waals surface area contributed by atoms with E-state index >= 15 is 0 Å². The zero-order valence-corrected chi connectivity index (χ0v) is 19.8. The van der Waals surface area contributed by atoms with E-state index in [4.69, 9.17) is 13.9 Å². The Labute approximate surface area is 203 Å². The van der Waals surface area contributed by atoms with E-state index in [9.17, 15) is 14.0 Å². The molecule has 35 heavy (non-hydrogen) atoms. The van der Waals surface area contributed by atoms with E-state index in [1.54, 1.807) is 24.3 Å². The summed E-state index contributed by atoms with van der Waals surface area (Å²) < 4.78 is 30.0. The van der Waals surface area contributed by atoms with Gasteiger partial charge in [0.25, 0.3) is 5.91 Å². The van der Waals surface area contributed by atoms with Crippen molar-refractivity contribution in [1.82, 2.24) is 5.32 Å². The minimum atomic E-state index is -1.08. The maximum absolute atomic E-state index is 13.8. The molecule has 1 atom stereocenters. The number of rotatable bonds is 8. The molecule has 8 heteroatoms. The fraction of sp³-hybridized carbons (Fsp3) is 0.333. The molecule has 0 unspecified atom stereocenters. The smallest absolute Gasteiger partial charge is 0.294 e. The van der Waals surface area contributed by atoms with E-state index in [-0.39, 0.29) is 17.7 Å². The molecule has 1 N–H and O–H groups in total. The molecule has 184 valence electrons. The summed E-state index contributed by atoms with van der Waals surface area (Å²) in [7, 11) is 3.01. The summed E-state index contributed by atoms with van der Waals surface area (Å²) in [6.07, 6.45) is 6.38. The van der Waals surface area contributed by atoms with Gasteiger partial charge in [0.2, 0.25) is 5.91 Å². The fourth-order valence-corrected chi connectivity index (χ4v) is 4.47. The molecule has 2 amide bonds. The number of halogens is 1. The molecule has 2 aromatic carbocycles. The molecule has 0 saturated heterocycles. The summed E-state index contributed by atoms with van der Waals surface area (Å²) in [4.78, 5) is 28.9. The molecule has 0 aliphatic heterocycles. The third-order valence-corrected chi connectivity index (χ3v) is 6.24. The summed E-state index contributed by atoms with van der Waals surface area (Å²) in [6.45, 7) is 0. The first kappa shape index (κ1) is 24.3. The van der Waals surface area contributed by atoms with Gasteiger partial charge in [-0.15, -0.1) is 0 Å². The van der Waals surface area contributed by atoms with Crippen molar-refractivity contribution in [2.75, 3.05) is 19.1 Å². The number of amides is 2. The van der Waals surface area contributed by atoms with Crippen molar-refractivity contribution in [2.24, 2.45) is 0 Å². The molecule has 1 aromatic heterocycles. The Hall–Kier alpha value is -3.81. The van der Waals surface area contributed by atoms with Crippen LogP contribution in [0.1, 0.15) is 54.3 Å². The Bertz CT molecular complexity index is 1140. The van der Waals surface area contributed by atoms with Crippen LogP contribution in [0.3, 0.4) is 0 Å². The van der Waals surface area contributed by atoms with Gasteiger partial charge in [0.05, 0.1) is 20.5 Å². The first-order chi connectivity index (χ1) is 17.0. The van der Waals surface area contributed by atoms with Gasteiger partial charge < -0.3 is 19.2 Å². The number of carbonyl (C=O) groups excluding carboxylic acids is 2. The number of carbonyl (C=O) groups is 2. The van der Waals surface area contributed by atoms with E-state index < -0.39 is 17.8 Å². The highest BCUT2D eigenvalue weighted by Gasteiger charge is 2.36. The number of ether oxygens (including phenoxy) is 2. The first-order valence-electron chi connectivity index (χ1n) is 11.7. The van der Waals surface area contributed by atoms with Crippen LogP contribution in [-0.4, -0.2) is 32.1 Å². The molecule has 0 bridgehead atoms. The molecular formula is C27H29FN2O5. The molecule has 4 rings (SSSR count). The lowest BCUT2D eigenvalue weighted by atomic mass is 9.94. The monoisotopic (exact) mass is 480 g/mol. The molecule has 1 aliphatic rings. The first-order valence-corrected chi connectivity index (χ1v) is 11.7. The van der Waals surface area contributed by atoms with Gasteiger partial charge in [-0.2, -0.15) is 0 Å². The van der Waals surface area contributed by atoms with Crippen molar-refractivity contribution in [3.8, 4) is 11.5 Å². The maximum Gasteiger partial charge on any atom is 0.294 e. The molecule has 1 fully saturated rings. The zero-order valence-electron chi connectivity index (χ0n) is 19.8. The third-order valence-electron chi connectivity index (χ3n) is 6.24. The minimum absolute atomic E-state index is 0.0187. The number of anilines is 1. The Balaban J connectivity index is 1.82. The molecular weight excluding hydrogens is 451 g/mol. The minimum Gasteiger partial charge on any atom is -0.493 e. The average Bonchev–Trinajstić information content (AvgIpc) is 3.43. The average molecular weight is 481 g/mol. The Morgan fingerprint density at radius 3 is 2.34 bits per heavy atom. The van der Waals surface area contributed by atoms with Crippen LogP contribution >= 0.6 is 0 Å². The predicted molar refractivity (Wildman–Crippen MR) is 129 cm³/mol. The molecule has 0 radical (unpaired) electrons. The quantitative estimate of drug-likeness (QED) is 0.475. The van der Waals surface area contributed by atoms with Crippen LogP contribution in [0.4, 0.5) is 10.1 Å². The van der Waals surface area contributed by atoms with Crippen molar-refractivity contribution in [3.05, 3.63) is 78.0 Å². The zero-order chi connectivity index (χ0) is 24.8. The van der Waals surface area contributed by atoms with Crippen LogP contribution in [0.2, 0.25) is 0 Å². The van der Waals surface area contributed by atoms with Crippen molar-refractivity contribution >= 4 is 17.5 Å². The normalized spacial score (nSPS) is 14.7. The van der Waals surface area contributed by atoms with Crippen LogP contribution in [0.5, 0.6) is 11.5 Å². The number of nitrogens with zero attached hydrogens (tertiary/aromatic N) is 1. The van der Waals surface area contributed by atoms with Crippen LogP contribution < -0.4 is 19.7 Å². The van der Waals surface area contributed by atoms with Crippen LogP contribution in [0, 0.1) is 5.82 Å². The van der Waals surface area contributed by atoms with Crippen molar-refractivity contribution in [1.29, 1.82) is 0 Å². The molecule has 3 aromatic rings. The number of hydrogen-bond acceptors (Lipinski definition) is 5. The summed E-state index contributed by atoms with van der Waals surface area (Å²) in [6, 6.07) is 12.6. The predicted octanol–water partition coefficient (Wildman–Crippen LogP) is 5.27. The maximum atomic E-state index is 13.8. The summed E-state index contributed by atoms with van der Waals surface area (Å²) >= 11 is 0. The SMILES string of the molecule is COc1ccc(N(C(=O)c2ccco2)[C@H](C(=O)NC2CCCCC2)c2ccc(F)cc2)cc1OC. The second-order valence-corrected chi connectivity index (χ2v) is 8.49. The van der Waals surface area contributed by atoms with Gasteiger partial charge in [0.1, 0.15) is 11.9 Å².